The fourth-order valence-corrected chi connectivity index (χ4v) is 4.92. The van der Waals surface area contributed by atoms with Gasteiger partial charge in [0.05, 0.1) is 0 Å². The first-order valence-corrected chi connectivity index (χ1v) is 15.9. The molecule has 0 bridgehead atoms. The van der Waals surface area contributed by atoms with Crippen molar-refractivity contribution < 1.29 is 5.48 Å². The van der Waals surface area contributed by atoms with Crippen molar-refractivity contribution >= 4 is 0 Å². The average molecular weight is 511 g/mol. The van der Waals surface area contributed by atoms with Gasteiger partial charge in [-0.15, -0.1) is 0 Å². The Bertz CT molecular complexity index is 591. The number of unbranched alkanes of at least 4 members (excludes halogenated alkanes) is 18. The van der Waals surface area contributed by atoms with Crippen LogP contribution in [0.2, 0.25) is 0 Å². The third-order valence-electron chi connectivity index (χ3n) is 7.32. The van der Waals surface area contributed by atoms with E-state index < -0.39 is 0 Å². The Morgan fingerprint density at radius 1 is 0.324 bits per heavy atom. The molecule has 0 amide bonds. The first kappa shape index (κ1) is 35.4. The predicted molar refractivity (Wildman–Crippen MR) is 168 cm³/mol. The molecule has 2 N–H and O–H groups in total. The molecule has 0 aliphatic heterocycles. The number of benzene rings is 2. The number of rotatable bonds is 22. The molecule has 0 heterocycles. The minimum atomic E-state index is 0. The lowest BCUT2D eigenvalue weighted by atomic mass is 10.0. The second kappa shape index (κ2) is 29.0. The predicted octanol–water partition coefficient (Wildman–Crippen LogP) is 11.5. The van der Waals surface area contributed by atoms with Crippen LogP contribution in [-0.2, 0) is 12.8 Å². The second-order valence-electron chi connectivity index (χ2n) is 10.8. The maximum absolute atomic E-state index is 2.28. The normalized spacial score (nSPS) is 10.4. The van der Waals surface area contributed by atoms with E-state index in [4.69, 9.17) is 0 Å². The molecule has 0 spiro atoms. The van der Waals surface area contributed by atoms with E-state index in [-0.39, 0.29) is 5.48 Å². The van der Waals surface area contributed by atoms with E-state index in [0.29, 0.717) is 0 Å². The Balaban J connectivity index is 0.000000682. The summed E-state index contributed by atoms with van der Waals surface area (Å²) in [7, 11) is 0. The van der Waals surface area contributed by atoms with Crippen LogP contribution in [0.25, 0.3) is 0 Å². The number of hydrogen-bond donors (Lipinski definition) is 0. The van der Waals surface area contributed by atoms with Gasteiger partial charge in [0.25, 0.3) is 0 Å². The van der Waals surface area contributed by atoms with E-state index in [1.54, 1.807) is 0 Å². The topological polar surface area (TPSA) is 31.5 Å². The van der Waals surface area contributed by atoms with E-state index in [9.17, 15) is 0 Å². The zero-order chi connectivity index (χ0) is 25.8. The largest absolute Gasteiger partial charge is 0.412 e. The molecule has 0 saturated carbocycles. The molecule has 2 aromatic rings. The Labute approximate surface area is 232 Å². The van der Waals surface area contributed by atoms with Gasteiger partial charge in [-0.3, -0.25) is 0 Å². The SMILES string of the molecule is CCCCCCCCCCCCc1ccccc1.CCCCCCCCCCCCc1ccccc1.O. The van der Waals surface area contributed by atoms with Crippen LogP contribution in [0.5, 0.6) is 0 Å². The lowest BCUT2D eigenvalue weighted by Crippen LogP contribution is -1.86. The van der Waals surface area contributed by atoms with E-state index in [1.807, 2.05) is 0 Å². The van der Waals surface area contributed by atoms with Gasteiger partial charge in [0.2, 0.25) is 0 Å². The maximum atomic E-state index is 2.28. The summed E-state index contributed by atoms with van der Waals surface area (Å²) in [5, 5.41) is 0. The highest BCUT2D eigenvalue weighted by Crippen LogP contribution is 2.13. The van der Waals surface area contributed by atoms with Crippen LogP contribution in [0.15, 0.2) is 60.7 Å². The van der Waals surface area contributed by atoms with Crippen LogP contribution in [0.1, 0.15) is 153 Å². The van der Waals surface area contributed by atoms with Crippen LogP contribution in [-0.4, -0.2) is 5.48 Å². The fraction of sp³-hybridized carbons (Fsp3) is 0.667. The molecule has 0 aliphatic rings. The monoisotopic (exact) mass is 510 g/mol. The van der Waals surface area contributed by atoms with Crippen molar-refractivity contribution in [1.82, 2.24) is 0 Å². The van der Waals surface area contributed by atoms with Gasteiger partial charge in [-0.25, -0.2) is 0 Å². The van der Waals surface area contributed by atoms with Crippen LogP contribution in [0.4, 0.5) is 0 Å². The summed E-state index contributed by atoms with van der Waals surface area (Å²) < 4.78 is 0. The highest BCUT2D eigenvalue weighted by atomic mass is 16.0. The van der Waals surface area contributed by atoms with Crippen molar-refractivity contribution in [2.75, 3.05) is 0 Å². The quantitative estimate of drug-likeness (QED) is 0.141. The van der Waals surface area contributed by atoms with E-state index in [0.717, 1.165) is 0 Å². The van der Waals surface area contributed by atoms with Crippen molar-refractivity contribution in [1.29, 1.82) is 0 Å². The van der Waals surface area contributed by atoms with Crippen LogP contribution >= 0.6 is 0 Å². The van der Waals surface area contributed by atoms with Gasteiger partial charge in [-0.1, -0.05) is 190 Å². The molecule has 0 aliphatic carbocycles. The van der Waals surface area contributed by atoms with Crippen molar-refractivity contribution in [3.8, 4) is 0 Å². The Morgan fingerprint density at radius 3 is 0.838 bits per heavy atom. The van der Waals surface area contributed by atoms with E-state index in [1.165, 1.54) is 152 Å². The lowest BCUT2D eigenvalue weighted by molar-refractivity contribution is 0.556. The van der Waals surface area contributed by atoms with E-state index >= 15 is 0 Å². The summed E-state index contributed by atoms with van der Waals surface area (Å²) in [5.74, 6) is 0. The smallest absolute Gasteiger partial charge is 0.0279 e. The van der Waals surface area contributed by atoms with Crippen molar-refractivity contribution in [2.45, 2.75) is 155 Å². The zero-order valence-corrected chi connectivity index (χ0v) is 24.8. The maximum Gasteiger partial charge on any atom is -0.0279 e. The molecule has 37 heavy (non-hydrogen) atoms. The third-order valence-corrected chi connectivity index (χ3v) is 7.32. The molecule has 0 aromatic heterocycles. The number of hydrogen-bond acceptors (Lipinski definition) is 0. The molecular weight excluding hydrogens is 448 g/mol. The van der Waals surface area contributed by atoms with Gasteiger partial charge in [0.15, 0.2) is 0 Å². The third kappa shape index (κ3) is 24.5. The minimum absolute atomic E-state index is 0. The zero-order valence-electron chi connectivity index (χ0n) is 24.8. The van der Waals surface area contributed by atoms with Gasteiger partial charge in [0.1, 0.15) is 0 Å². The second-order valence-corrected chi connectivity index (χ2v) is 10.8. The standard InChI is InChI=1S/2C18H30.H2O/c2*1-2-3-4-5-6-7-8-9-10-12-15-18-16-13-11-14-17-18;/h2*11,13-14,16-17H,2-10,12,15H2,1H3;1H2. The van der Waals surface area contributed by atoms with Crippen LogP contribution in [0, 0.1) is 0 Å². The van der Waals surface area contributed by atoms with Crippen LogP contribution in [0.3, 0.4) is 0 Å². The molecular formula is C36H62O. The van der Waals surface area contributed by atoms with Crippen LogP contribution < -0.4 is 0 Å². The summed E-state index contributed by atoms with van der Waals surface area (Å²) in [6.07, 6.45) is 31.0. The minimum Gasteiger partial charge on any atom is -0.412 e. The van der Waals surface area contributed by atoms with Gasteiger partial charge in [-0.2, -0.15) is 0 Å². The van der Waals surface area contributed by atoms with Gasteiger partial charge < -0.3 is 5.48 Å². The average Bonchev–Trinajstić information content (AvgIpc) is 2.92. The first-order chi connectivity index (χ1) is 17.9. The Hall–Kier alpha value is -1.60. The van der Waals surface area contributed by atoms with Gasteiger partial charge in [0, 0.05) is 0 Å². The summed E-state index contributed by atoms with van der Waals surface area (Å²) in [6, 6.07) is 21.8. The highest BCUT2D eigenvalue weighted by Gasteiger charge is 1.95. The Kier molecular flexibility index (Phi) is 27.7. The molecule has 0 radical (unpaired) electrons. The summed E-state index contributed by atoms with van der Waals surface area (Å²) in [4.78, 5) is 0. The molecule has 0 atom stereocenters. The first-order valence-electron chi connectivity index (χ1n) is 15.9. The fourth-order valence-electron chi connectivity index (χ4n) is 4.92. The lowest BCUT2D eigenvalue weighted by Gasteiger charge is -2.03. The van der Waals surface area contributed by atoms with E-state index in [2.05, 4.69) is 74.5 Å². The molecule has 212 valence electrons. The summed E-state index contributed by atoms with van der Waals surface area (Å²) in [6.45, 7) is 4.57. The number of aryl methyl sites for hydroxylation is 2. The molecule has 2 aromatic carbocycles. The van der Waals surface area contributed by atoms with Crippen molar-refractivity contribution in [2.24, 2.45) is 0 Å². The summed E-state index contributed by atoms with van der Waals surface area (Å²) >= 11 is 0. The molecule has 1 heteroatoms. The molecule has 0 fully saturated rings. The van der Waals surface area contributed by atoms with Crippen molar-refractivity contribution in [3.05, 3.63) is 71.8 Å². The van der Waals surface area contributed by atoms with Gasteiger partial charge in [-0.05, 0) is 36.8 Å². The van der Waals surface area contributed by atoms with Crippen molar-refractivity contribution in [3.63, 3.8) is 0 Å². The highest BCUT2D eigenvalue weighted by molar-refractivity contribution is 5.15. The molecule has 1 nitrogen and oxygen atoms in total. The molecule has 2 rings (SSSR count). The van der Waals surface area contributed by atoms with Gasteiger partial charge >= 0.3 is 0 Å². The summed E-state index contributed by atoms with van der Waals surface area (Å²) in [5.41, 5.74) is 2.99. The Morgan fingerprint density at radius 2 is 0.568 bits per heavy atom. The molecule has 0 saturated heterocycles. The molecule has 0 unspecified atom stereocenters.